The van der Waals surface area contributed by atoms with Crippen molar-refractivity contribution in [3.63, 3.8) is 0 Å². The van der Waals surface area contributed by atoms with E-state index < -0.39 is 0 Å². The van der Waals surface area contributed by atoms with E-state index in [2.05, 4.69) is 11.8 Å². The van der Waals surface area contributed by atoms with Crippen molar-refractivity contribution >= 4 is 5.78 Å². The van der Waals surface area contributed by atoms with Gasteiger partial charge >= 0.3 is 0 Å². The van der Waals surface area contributed by atoms with E-state index >= 15 is 0 Å². The van der Waals surface area contributed by atoms with Gasteiger partial charge < -0.3 is 5.11 Å². The Kier molecular flexibility index (Phi) is 3.86. The van der Waals surface area contributed by atoms with E-state index in [4.69, 9.17) is 5.11 Å². The number of carbonyl (C=O) groups is 1. The normalized spacial score (nSPS) is 43.3. The van der Waals surface area contributed by atoms with Gasteiger partial charge in [0.15, 0.2) is 5.78 Å². The second kappa shape index (κ2) is 5.85. The van der Waals surface area contributed by atoms with Crippen LogP contribution in [0.2, 0.25) is 0 Å². The molecule has 0 spiro atoms. The minimum Gasteiger partial charge on any atom is -0.384 e. The molecule has 2 nitrogen and oxygen atoms in total. The first-order valence-corrected chi connectivity index (χ1v) is 9.10. The Balaban J connectivity index is 1.53. The Bertz CT molecular complexity index is 550. The molecule has 0 aliphatic heterocycles. The second-order valence-electron chi connectivity index (χ2n) is 7.77. The molecule has 4 rings (SSSR count). The number of carbonyl (C=O) groups excluding carboxylic acids is 1. The van der Waals surface area contributed by atoms with Crippen molar-refractivity contribution < 1.29 is 9.90 Å². The van der Waals surface area contributed by atoms with Crippen molar-refractivity contribution in [1.29, 1.82) is 0 Å². The van der Waals surface area contributed by atoms with Crippen molar-refractivity contribution in [2.75, 3.05) is 6.61 Å². The Morgan fingerprint density at radius 2 is 1.73 bits per heavy atom. The lowest BCUT2D eigenvalue weighted by molar-refractivity contribution is -0.115. The van der Waals surface area contributed by atoms with Crippen LogP contribution < -0.4 is 0 Å². The summed E-state index contributed by atoms with van der Waals surface area (Å²) < 4.78 is 0. The van der Waals surface area contributed by atoms with Crippen molar-refractivity contribution in [1.82, 2.24) is 0 Å². The van der Waals surface area contributed by atoms with E-state index in [1.807, 2.05) is 6.08 Å². The zero-order chi connectivity index (χ0) is 15.1. The van der Waals surface area contributed by atoms with Crippen LogP contribution in [-0.2, 0) is 4.79 Å². The number of aliphatic hydroxyl groups excluding tert-OH is 1. The number of hydrogen-bond donors (Lipinski definition) is 1. The molecule has 0 amide bonds. The Morgan fingerprint density at radius 1 is 0.955 bits per heavy atom. The van der Waals surface area contributed by atoms with Crippen LogP contribution in [0.3, 0.4) is 0 Å². The fourth-order valence-corrected chi connectivity index (χ4v) is 6.19. The van der Waals surface area contributed by atoms with Gasteiger partial charge in [-0.15, -0.1) is 0 Å². The quantitative estimate of drug-likeness (QED) is 0.696. The molecule has 3 fully saturated rings. The maximum Gasteiger partial charge on any atom is 0.155 e. The molecule has 0 aromatic carbocycles. The summed E-state index contributed by atoms with van der Waals surface area (Å²) in [4.78, 5) is 11.7. The van der Waals surface area contributed by atoms with Crippen LogP contribution in [0.15, 0.2) is 11.6 Å². The average Bonchev–Trinajstić information content (AvgIpc) is 2.95. The molecule has 6 atom stereocenters. The first-order chi connectivity index (χ1) is 10.8. The maximum atomic E-state index is 11.7. The maximum absolute atomic E-state index is 11.7. The largest absolute Gasteiger partial charge is 0.384 e. The van der Waals surface area contributed by atoms with E-state index in [0.717, 1.165) is 42.9 Å². The number of hydrogen-bond acceptors (Lipinski definition) is 2. The second-order valence-corrected chi connectivity index (χ2v) is 7.77. The van der Waals surface area contributed by atoms with E-state index in [0.29, 0.717) is 17.6 Å². The smallest absolute Gasteiger partial charge is 0.155 e. The molecule has 4 aliphatic carbocycles. The predicted octanol–water partition coefficient (Wildman–Crippen LogP) is 3.35. The third-order valence-electron chi connectivity index (χ3n) is 6.99. The van der Waals surface area contributed by atoms with Crippen LogP contribution in [0.5, 0.6) is 0 Å². The zero-order valence-corrected chi connectivity index (χ0v) is 13.3. The summed E-state index contributed by atoms with van der Waals surface area (Å²) in [6.07, 6.45) is 11.5. The molecule has 0 saturated heterocycles. The molecule has 118 valence electrons. The van der Waals surface area contributed by atoms with E-state index in [9.17, 15) is 4.79 Å². The molecule has 1 N–H and O–H groups in total. The monoisotopic (exact) mass is 298 g/mol. The number of ketones is 1. The summed E-state index contributed by atoms with van der Waals surface area (Å²) in [5, 5.41) is 8.95. The highest BCUT2D eigenvalue weighted by Gasteiger charge is 2.49. The summed E-state index contributed by atoms with van der Waals surface area (Å²) in [7, 11) is 0. The molecule has 0 bridgehead atoms. The van der Waals surface area contributed by atoms with Crippen molar-refractivity contribution in [3.05, 3.63) is 11.6 Å². The zero-order valence-electron chi connectivity index (χ0n) is 13.3. The Hall–Kier alpha value is -1.07. The summed E-state index contributed by atoms with van der Waals surface area (Å²) in [6, 6.07) is 0. The number of rotatable bonds is 0. The fourth-order valence-electron chi connectivity index (χ4n) is 6.19. The van der Waals surface area contributed by atoms with Crippen LogP contribution in [0.4, 0.5) is 0 Å². The molecule has 0 unspecified atom stereocenters. The molecule has 22 heavy (non-hydrogen) atoms. The molecule has 2 heteroatoms. The topological polar surface area (TPSA) is 37.3 Å². The van der Waals surface area contributed by atoms with E-state index in [1.54, 1.807) is 0 Å². The average molecular weight is 298 g/mol. The van der Waals surface area contributed by atoms with Gasteiger partial charge in [0.1, 0.15) is 6.61 Å². The molecule has 0 heterocycles. The Labute approximate surface area is 133 Å². The van der Waals surface area contributed by atoms with Gasteiger partial charge in [0, 0.05) is 12.3 Å². The van der Waals surface area contributed by atoms with Crippen LogP contribution in [-0.4, -0.2) is 17.5 Å². The fraction of sp³-hybridized carbons (Fsp3) is 0.750. The highest BCUT2D eigenvalue weighted by Crippen LogP contribution is 2.57. The highest BCUT2D eigenvalue weighted by atomic mass is 16.2. The van der Waals surface area contributed by atoms with Crippen LogP contribution >= 0.6 is 0 Å². The van der Waals surface area contributed by atoms with Crippen LogP contribution in [0, 0.1) is 47.3 Å². The first kappa shape index (κ1) is 14.5. The van der Waals surface area contributed by atoms with Crippen LogP contribution in [0.1, 0.15) is 51.4 Å². The molecule has 0 aromatic heterocycles. The third kappa shape index (κ3) is 2.35. The van der Waals surface area contributed by atoms with Gasteiger partial charge in [0.2, 0.25) is 0 Å². The minimum absolute atomic E-state index is 0.00416. The third-order valence-corrected chi connectivity index (χ3v) is 6.99. The standard InChI is InChI=1S/C20H26O2/c21-11-1-2-13-3-6-18-16(13)9-10-19-17-8-5-15(22)12-14(17)4-7-20(18)19/h12-13,16-21H,3-11H2/t13-,16+,17-,18+,19+,20-/m0/s1. The van der Waals surface area contributed by atoms with Gasteiger partial charge in [0.25, 0.3) is 0 Å². The van der Waals surface area contributed by atoms with Gasteiger partial charge in [-0.05, 0) is 80.6 Å². The first-order valence-electron chi connectivity index (χ1n) is 9.10. The van der Waals surface area contributed by atoms with Crippen LogP contribution in [0.25, 0.3) is 0 Å². The van der Waals surface area contributed by atoms with E-state index in [-0.39, 0.29) is 6.61 Å². The van der Waals surface area contributed by atoms with Crippen molar-refractivity contribution in [2.24, 2.45) is 35.5 Å². The number of aliphatic hydroxyl groups is 1. The Morgan fingerprint density at radius 3 is 2.59 bits per heavy atom. The predicted molar refractivity (Wildman–Crippen MR) is 85.8 cm³/mol. The van der Waals surface area contributed by atoms with Gasteiger partial charge in [-0.1, -0.05) is 17.4 Å². The van der Waals surface area contributed by atoms with Gasteiger partial charge in [-0.2, -0.15) is 0 Å². The molecule has 3 saturated carbocycles. The summed E-state index contributed by atoms with van der Waals surface area (Å²) >= 11 is 0. The number of fused-ring (bicyclic) bond motifs is 5. The summed E-state index contributed by atoms with van der Waals surface area (Å²) in [5.41, 5.74) is 1.48. The summed E-state index contributed by atoms with van der Waals surface area (Å²) in [6.45, 7) is 0.00416. The molecular weight excluding hydrogens is 272 g/mol. The lowest BCUT2D eigenvalue weighted by atomic mass is 9.55. The highest BCUT2D eigenvalue weighted by molar-refractivity contribution is 5.91. The van der Waals surface area contributed by atoms with Crippen molar-refractivity contribution in [3.8, 4) is 11.8 Å². The van der Waals surface area contributed by atoms with Gasteiger partial charge in [-0.25, -0.2) is 0 Å². The van der Waals surface area contributed by atoms with Gasteiger partial charge in [-0.3, -0.25) is 4.79 Å². The van der Waals surface area contributed by atoms with E-state index in [1.165, 1.54) is 37.7 Å². The summed E-state index contributed by atoms with van der Waals surface area (Å²) in [5.74, 6) is 11.2. The SMILES string of the molecule is O=C1C=C2CC[C@H]3[C@@H]4CC[C@H](C#CCO)[C@H]4CC[C@@H]3[C@H]2CC1. The minimum atomic E-state index is 0.00416. The molecule has 4 aliphatic rings. The molecule has 0 radical (unpaired) electrons. The van der Waals surface area contributed by atoms with Gasteiger partial charge in [0.05, 0.1) is 0 Å². The molecular formula is C20H26O2. The van der Waals surface area contributed by atoms with Crippen molar-refractivity contribution in [2.45, 2.75) is 51.4 Å². The molecule has 0 aromatic rings. The lowest BCUT2D eigenvalue weighted by Crippen LogP contribution is -2.41. The number of allylic oxidation sites excluding steroid dienone is 1. The lowest BCUT2D eigenvalue weighted by Gasteiger charge is -2.49.